The van der Waals surface area contributed by atoms with Gasteiger partial charge in [-0.3, -0.25) is 11.1 Å². The number of hydrogen-bond donors (Lipinski definition) is 6. The predicted molar refractivity (Wildman–Crippen MR) is 114 cm³/mol. The maximum atomic E-state index is 12.9. The maximum absolute atomic E-state index is 12.9. The number of rotatable bonds is 5. The molecule has 10 heteroatoms. The molecule has 0 radical (unpaired) electrons. The van der Waals surface area contributed by atoms with Crippen molar-refractivity contribution in [3.05, 3.63) is 35.4 Å². The number of aryl methyl sites for hydroxylation is 1. The molecule has 1 spiro atoms. The highest BCUT2D eigenvalue weighted by atomic mass is 16.6. The Kier molecular flexibility index (Phi) is 5.09. The number of benzene rings is 1. The first-order valence-electron chi connectivity index (χ1n) is 10.7. The summed E-state index contributed by atoms with van der Waals surface area (Å²) in [5.74, 6) is -2.81. The molecule has 0 amide bonds. The van der Waals surface area contributed by atoms with Crippen LogP contribution in [0.1, 0.15) is 49.0 Å². The molecule has 0 aromatic heterocycles. The van der Waals surface area contributed by atoms with Crippen molar-refractivity contribution in [3.8, 4) is 0 Å². The quantitative estimate of drug-likeness (QED) is 0.198. The number of nitrogens with one attached hydrogen (secondary N) is 2. The second kappa shape index (κ2) is 7.38. The van der Waals surface area contributed by atoms with Gasteiger partial charge in [0.1, 0.15) is 18.1 Å². The van der Waals surface area contributed by atoms with E-state index < -0.39 is 35.6 Å². The fourth-order valence-electron chi connectivity index (χ4n) is 5.14. The molecule has 3 aliphatic heterocycles. The Hall–Kier alpha value is -2.85. The van der Waals surface area contributed by atoms with Gasteiger partial charge in [0.05, 0.1) is 5.56 Å². The minimum Gasteiger partial charge on any atom is -0.449 e. The van der Waals surface area contributed by atoms with Gasteiger partial charge in [-0.15, -0.1) is 0 Å². The van der Waals surface area contributed by atoms with Crippen molar-refractivity contribution in [1.82, 2.24) is 10.6 Å². The summed E-state index contributed by atoms with van der Waals surface area (Å²) >= 11 is 0. The van der Waals surface area contributed by atoms with Crippen LogP contribution >= 0.6 is 0 Å². The molecule has 3 aliphatic rings. The minimum atomic E-state index is -2.51. The van der Waals surface area contributed by atoms with E-state index in [2.05, 4.69) is 15.6 Å². The van der Waals surface area contributed by atoms with Crippen molar-refractivity contribution in [2.45, 2.75) is 75.7 Å². The number of aliphatic hydroxyl groups is 2. The predicted octanol–water partition coefficient (Wildman–Crippen LogP) is -0.925. The molecule has 5 atom stereocenters. The zero-order valence-corrected chi connectivity index (χ0v) is 18.0. The van der Waals surface area contributed by atoms with Gasteiger partial charge in [0.15, 0.2) is 12.1 Å². The molecule has 1 fully saturated rings. The molecular formula is C21H31N6O4+. The summed E-state index contributed by atoms with van der Waals surface area (Å²) in [4.78, 5) is 17.4. The van der Waals surface area contributed by atoms with E-state index >= 15 is 0 Å². The van der Waals surface area contributed by atoms with E-state index in [0.717, 1.165) is 5.56 Å². The van der Waals surface area contributed by atoms with Crippen LogP contribution in [0.4, 0.5) is 0 Å². The highest BCUT2D eigenvalue weighted by Crippen LogP contribution is 2.46. The maximum Gasteiger partial charge on any atom is 0.346 e. The summed E-state index contributed by atoms with van der Waals surface area (Å²) < 4.78 is 7.41. The van der Waals surface area contributed by atoms with Gasteiger partial charge in [0, 0.05) is 0 Å². The number of nitrogens with two attached hydrogens (primary N) is 2. The molecule has 1 saturated heterocycles. The molecule has 8 N–H and O–H groups in total. The van der Waals surface area contributed by atoms with Gasteiger partial charge in [-0.2, -0.15) is 0 Å². The SMILES string of the molecule is CCC[C@H]1[C@H](OC(=O)c2ccc(C)cc2)C(O)(O)[C@]23NC(N)=N[C@H]2[C@H](CC)NC(N)=[N+]13. The molecule has 31 heavy (non-hydrogen) atoms. The molecule has 4 rings (SSSR count). The van der Waals surface area contributed by atoms with E-state index in [-0.39, 0.29) is 18.0 Å². The van der Waals surface area contributed by atoms with Crippen LogP contribution in [-0.4, -0.2) is 68.4 Å². The first-order valence-corrected chi connectivity index (χ1v) is 10.7. The lowest BCUT2D eigenvalue weighted by Crippen LogP contribution is -2.78. The number of carbonyl (C=O) groups is 1. The van der Waals surface area contributed by atoms with Crippen LogP contribution in [0.2, 0.25) is 0 Å². The largest absolute Gasteiger partial charge is 0.449 e. The highest BCUT2D eigenvalue weighted by molar-refractivity contribution is 5.89. The molecule has 0 aliphatic carbocycles. The molecule has 0 saturated carbocycles. The summed E-state index contributed by atoms with van der Waals surface area (Å²) in [5, 5.41) is 29.3. The lowest BCUT2D eigenvalue weighted by molar-refractivity contribution is -0.649. The molecule has 10 nitrogen and oxygen atoms in total. The summed E-state index contributed by atoms with van der Waals surface area (Å²) in [7, 11) is 0. The zero-order chi connectivity index (χ0) is 22.6. The first kappa shape index (κ1) is 21.4. The van der Waals surface area contributed by atoms with Crippen molar-refractivity contribution in [3.63, 3.8) is 0 Å². The zero-order valence-electron chi connectivity index (χ0n) is 18.0. The Morgan fingerprint density at radius 1 is 1.26 bits per heavy atom. The summed E-state index contributed by atoms with van der Waals surface area (Å²) in [5.41, 5.74) is 12.2. The lowest BCUT2D eigenvalue weighted by Gasteiger charge is -2.43. The van der Waals surface area contributed by atoms with Crippen LogP contribution in [0.25, 0.3) is 0 Å². The van der Waals surface area contributed by atoms with Gasteiger partial charge in [-0.05, 0) is 31.9 Å². The van der Waals surface area contributed by atoms with E-state index in [1.165, 1.54) is 0 Å². The van der Waals surface area contributed by atoms with Crippen molar-refractivity contribution in [1.29, 1.82) is 0 Å². The van der Waals surface area contributed by atoms with Crippen LogP contribution in [0, 0.1) is 6.92 Å². The number of nitrogens with zero attached hydrogens (tertiary/aromatic N) is 2. The van der Waals surface area contributed by atoms with Crippen LogP contribution in [0.15, 0.2) is 29.3 Å². The third kappa shape index (κ3) is 2.96. The summed E-state index contributed by atoms with van der Waals surface area (Å²) in [6, 6.07) is 5.36. The monoisotopic (exact) mass is 431 g/mol. The molecule has 168 valence electrons. The molecule has 0 bridgehead atoms. The van der Waals surface area contributed by atoms with Gasteiger partial charge in [-0.25, -0.2) is 14.4 Å². The van der Waals surface area contributed by atoms with E-state index in [4.69, 9.17) is 16.2 Å². The number of hydrogen-bond acceptors (Lipinski definition) is 9. The van der Waals surface area contributed by atoms with Crippen LogP contribution < -0.4 is 22.1 Å². The van der Waals surface area contributed by atoms with Gasteiger partial charge in [-0.1, -0.05) is 38.0 Å². The fraction of sp³-hybridized carbons (Fsp3) is 0.571. The Morgan fingerprint density at radius 2 is 1.94 bits per heavy atom. The van der Waals surface area contributed by atoms with Crippen molar-refractivity contribution < 1.29 is 24.3 Å². The van der Waals surface area contributed by atoms with Gasteiger partial charge >= 0.3 is 11.9 Å². The van der Waals surface area contributed by atoms with Gasteiger partial charge < -0.3 is 26.0 Å². The number of carbonyl (C=O) groups excluding carboxylic acids is 1. The van der Waals surface area contributed by atoms with Crippen molar-refractivity contribution in [2.24, 2.45) is 16.5 Å². The molecular weight excluding hydrogens is 400 g/mol. The number of guanidine groups is 2. The van der Waals surface area contributed by atoms with Crippen LogP contribution in [-0.2, 0) is 4.74 Å². The average molecular weight is 432 g/mol. The van der Waals surface area contributed by atoms with Crippen LogP contribution in [0.3, 0.4) is 0 Å². The smallest absolute Gasteiger partial charge is 0.346 e. The summed E-state index contributed by atoms with van der Waals surface area (Å²) in [6.07, 6.45) is 0.552. The molecule has 0 unspecified atom stereocenters. The first-order chi connectivity index (χ1) is 14.7. The topological polar surface area (TPSA) is 158 Å². The lowest BCUT2D eigenvalue weighted by atomic mass is 9.85. The number of ether oxygens (including phenoxy) is 1. The summed E-state index contributed by atoms with van der Waals surface area (Å²) in [6.45, 7) is 5.83. The van der Waals surface area contributed by atoms with E-state index in [1.54, 1.807) is 28.8 Å². The average Bonchev–Trinajstić information content (AvgIpc) is 3.16. The van der Waals surface area contributed by atoms with Crippen molar-refractivity contribution >= 4 is 17.9 Å². The third-order valence-corrected chi connectivity index (χ3v) is 6.56. The van der Waals surface area contributed by atoms with E-state index in [0.29, 0.717) is 24.8 Å². The van der Waals surface area contributed by atoms with Gasteiger partial charge in [0.25, 0.3) is 5.79 Å². The highest BCUT2D eigenvalue weighted by Gasteiger charge is 2.78. The van der Waals surface area contributed by atoms with Gasteiger partial charge in [0.2, 0.25) is 5.66 Å². The Labute approximate surface area is 181 Å². The number of aliphatic imine (C=N–C) groups is 1. The fourth-order valence-corrected chi connectivity index (χ4v) is 5.14. The van der Waals surface area contributed by atoms with E-state index in [9.17, 15) is 15.0 Å². The number of esters is 1. The Balaban J connectivity index is 1.79. The molecule has 3 heterocycles. The second-order valence-corrected chi connectivity index (χ2v) is 8.54. The Morgan fingerprint density at radius 3 is 2.55 bits per heavy atom. The second-order valence-electron chi connectivity index (χ2n) is 8.54. The normalized spacial score (nSPS) is 33.1. The van der Waals surface area contributed by atoms with Crippen LogP contribution in [0.5, 0.6) is 0 Å². The standard InChI is InChI=1S/C21H30N6O4/c1-4-6-14-16(31-17(28)12-9-7-11(3)8-10-12)21(29,30)20-15(25-18(22)26-20)13(5-2)24-19(23)27(14)20/h7-10,13-16,29-30H,4-6H2,1-3H3,(H5,22,23,24,25,26)/p+1/t13-,14-,15-,16-,20-/m0/s1. The molecule has 1 aromatic rings. The Bertz CT molecular complexity index is 944. The van der Waals surface area contributed by atoms with Crippen molar-refractivity contribution in [2.75, 3.05) is 0 Å². The van der Waals surface area contributed by atoms with E-state index in [1.807, 2.05) is 20.8 Å². The minimum absolute atomic E-state index is 0.0817. The third-order valence-electron chi connectivity index (χ3n) is 6.56. The molecule has 1 aromatic carbocycles.